The third-order valence-electron chi connectivity index (χ3n) is 4.50. The fraction of sp³-hybridized carbons (Fsp3) is 1.00. The molecule has 2 rings (SSSR count). The zero-order valence-corrected chi connectivity index (χ0v) is 9.76. The van der Waals surface area contributed by atoms with Crippen molar-refractivity contribution in [1.29, 1.82) is 0 Å². The number of hydrogen-bond donors (Lipinski definition) is 1. The molecule has 1 heterocycles. The summed E-state index contributed by atoms with van der Waals surface area (Å²) in [7, 11) is 0. The van der Waals surface area contributed by atoms with Gasteiger partial charge in [0.25, 0.3) is 0 Å². The van der Waals surface area contributed by atoms with Crippen LogP contribution in [0.15, 0.2) is 0 Å². The van der Waals surface area contributed by atoms with Crippen molar-refractivity contribution in [1.82, 2.24) is 5.32 Å². The average molecular weight is 195 g/mol. The molecule has 0 radical (unpaired) electrons. The first-order chi connectivity index (χ1) is 6.81. The van der Waals surface area contributed by atoms with Gasteiger partial charge in [-0.1, -0.05) is 33.1 Å². The van der Waals surface area contributed by atoms with Gasteiger partial charge in [-0.05, 0) is 43.6 Å². The predicted octanol–water partition coefficient (Wildman–Crippen LogP) is 3.20. The highest BCUT2D eigenvalue weighted by Crippen LogP contribution is 2.36. The van der Waals surface area contributed by atoms with Crippen molar-refractivity contribution in [3.05, 3.63) is 0 Å². The van der Waals surface area contributed by atoms with Gasteiger partial charge < -0.3 is 5.32 Å². The highest BCUT2D eigenvalue weighted by Gasteiger charge is 2.33. The maximum atomic E-state index is 3.72. The third-order valence-corrected chi connectivity index (χ3v) is 4.50. The van der Waals surface area contributed by atoms with Gasteiger partial charge in [0, 0.05) is 6.04 Å². The lowest BCUT2D eigenvalue weighted by molar-refractivity contribution is 0.198. The van der Waals surface area contributed by atoms with E-state index in [-0.39, 0.29) is 0 Å². The van der Waals surface area contributed by atoms with E-state index in [1.807, 2.05) is 0 Å². The second-order valence-electron chi connectivity index (χ2n) is 5.45. The summed E-state index contributed by atoms with van der Waals surface area (Å²) in [4.78, 5) is 0. The van der Waals surface area contributed by atoms with E-state index in [2.05, 4.69) is 19.2 Å². The molecule has 1 N–H and O–H groups in total. The maximum Gasteiger partial charge on any atom is 0.0121 e. The second-order valence-corrected chi connectivity index (χ2v) is 5.45. The fourth-order valence-corrected chi connectivity index (χ4v) is 3.52. The lowest BCUT2D eigenvalue weighted by Gasteiger charge is -2.34. The van der Waals surface area contributed by atoms with Crippen molar-refractivity contribution in [3.63, 3.8) is 0 Å². The summed E-state index contributed by atoms with van der Waals surface area (Å²) >= 11 is 0. The summed E-state index contributed by atoms with van der Waals surface area (Å²) in [6, 6.07) is 0.851. The fourth-order valence-electron chi connectivity index (χ4n) is 3.52. The molecule has 0 aromatic carbocycles. The normalized spacial score (nSPS) is 44.1. The smallest absolute Gasteiger partial charge is 0.0121 e. The summed E-state index contributed by atoms with van der Waals surface area (Å²) in [5.41, 5.74) is 0. The topological polar surface area (TPSA) is 12.0 Å². The van der Waals surface area contributed by atoms with E-state index < -0.39 is 0 Å². The molecule has 4 unspecified atom stereocenters. The van der Waals surface area contributed by atoms with Crippen molar-refractivity contribution < 1.29 is 0 Å². The van der Waals surface area contributed by atoms with Crippen molar-refractivity contribution in [2.75, 3.05) is 6.54 Å². The molecule has 4 atom stereocenters. The largest absolute Gasteiger partial charge is 0.313 e. The summed E-state index contributed by atoms with van der Waals surface area (Å²) in [6.45, 7) is 6.05. The molecule has 0 aromatic heterocycles. The van der Waals surface area contributed by atoms with Gasteiger partial charge in [-0.2, -0.15) is 0 Å². The Morgan fingerprint density at radius 3 is 2.71 bits per heavy atom. The first-order valence-corrected chi connectivity index (χ1v) is 6.54. The third kappa shape index (κ3) is 2.13. The molecule has 1 saturated heterocycles. The zero-order chi connectivity index (χ0) is 9.97. The monoisotopic (exact) mass is 195 g/mol. The zero-order valence-electron chi connectivity index (χ0n) is 9.76. The van der Waals surface area contributed by atoms with Crippen molar-refractivity contribution in [2.45, 2.75) is 58.4 Å². The highest BCUT2D eigenvalue weighted by molar-refractivity contribution is 4.89. The molecule has 1 nitrogen and oxygen atoms in total. The van der Waals surface area contributed by atoms with Crippen LogP contribution in [-0.4, -0.2) is 12.6 Å². The number of hydrogen-bond acceptors (Lipinski definition) is 1. The van der Waals surface area contributed by atoms with Crippen molar-refractivity contribution in [2.24, 2.45) is 17.8 Å². The Hall–Kier alpha value is -0.0400. The summed E-state index contributed by atoms with van der Waals surface area (Å²) in [5.74, 6) is 2.95. The Bertz CT molecular complexity index is 178. The molecule has 0 amide bonds. The molecule has 0 spiro atoms. The Labute approximate surface area is 88.7 Å². The molecule has 1 heteroatoms. The molecular weight excluding hydrogens is 170 g/mol. The first-order valence-electron chi connectivity index (χ1n) is 6.54. The van der Waals surface area contributed by atoms with E-state index in [1.54, 1.807) is 0 Å². The number of nitrogens with one attached hydrogen (secondary N) is 1. The van der Waals surface area contributed by atoms with Crippen LogP contribution in [0.1, 0.15) is 52.4 Å². The van der Waals surface area contributed by atoms with Crippen LogP contribution in [-0.2, 0) is 0 Å². The van der Waals surface area contributed by atoms with Crippen LogP contribution in [0, 0.1) is 17.8 Å². The summed E-state index contributed by atoms with van der Waals surface area (Å²) in [6.07, 6.45) is 8.76. The Morgan fingerprint density at radius 1 is 1.21 bits per heavy atom. The molecule has 2 aliphatic rings. The SMILES string of the molecule is CCC1CCCC(C2NCCC2C)C1. The van der Waals surface area contributed by atoms with Gasteiger partial charge in [-0.25, -0.2) is 0 Å². The van der Waals surface area contributed by atoms with Gasteiger partial charge in [-0.15, -0.1) is 0 Å². The Kier molecular flexibility index (Phi) is 3.48. The lowest BCUT2D eigenvalue weighted by Crippen LogP contribution is -2.37. The van der Waals surface area contributed by atoms with E-state index in [0.717, 1.165) is 23.8 Å². The van der Waals surface area contributed by atoms with Crippen LogP contribution in [0.5, 0.6) is 0 Å². The molecule has 0 bridgehead atoms. The first kappa shape index (κ1) is 10.5. The van der Waals surface area contributed by atoms with Crippen LogP contribution in [0.2, 0.25) is 0 Å². The van der Waals surface area contributed by atoms with Crippen LogP contribution < -0.4 is 5.32 Å². The molecule has 1 aliphatic carbocycles. The maximum absolute atomic E-state index is 3.72. The standard InChI is InChI=1S/C13H25N/c1-3-11-5-4-6-12(9-11)13-10(2)7-8-14-13/h10-14H,3-9H2,1-2H3. The van der Waals surface area contributed by atoms with Crippen LogP contribution in [0.4, 0.5) is 0 Å². The number of rotatable bonds is 2. The van der Waals surface area contributed by atoms with Gasteiger partial charge in [0.05, 0.1) is 0 Å². The van der Waals surface area contributed by atoms with E-state index in [0.29, 0.717) is 0 Å². The van der Waals surface area contributed by atoms with E-state index in [9.17, 15) is 0 Å². The van der Waals surface area contributed by atoms with Crippen LogP contribution in [0.3, 0.4) is 0 Å². The minimum Gasteiger partial charge on any atom is -0.313 e. The van der Waals surface area contributed by atoms with Gasteiger partial charge >= 0.3 is 0 Å². The molecular formula is C13H25N. The van der Waals surface area contributed by atoms with Crippen LogP contribution >= 0.6 is 0 Å². The Morgan fingerprint density at radius 2 is 2.07 bits per heavy atom. The van der Waals surface area contributed by atoms with Crippen LogP contribution in [0.25, 0.3) is 0 Å². The highest BCUT2D eigenvalue weighted by atomic mass is 15.0. The van der Waals surface area contributed by atoms with E-state index in [4.69, 9.17) is 0 Å². The minimum absolute atomic E-state index is 0.851. The van der Waals surface area contributed by atoms with E-state index >= 15 is 0 Å². The van der Waals surface area contributed by atoms with Crippen molar-refractivity contribution >= 4 is 0 Å². The molecule has 1 aliphatic heterocycles. The van der Waals surface area contributed by atoms with E-state index in [1.165, 1.54) is 45.1 Å². The van der Waals surface area contributed by atoms with Gasteiger partial charge in [0.1, 0.15) is 0 Å². The summed E-state index contributed by atoms with van der Waals surface area (Å²) in [5, 5.41) is 3.72. The van der Waals surface area contributed by atoms with Crippen molar-refractivity contribution in [3.8, 4) is 0 Å². The second kappa shape index (κ2) is 4.65. The molecule has 1 saturated carbocycles. The predicted molar refractivity (Wildman–Crippen MR) is 61.3 cm³/mol. The quantitative estimate of drug-likeness (QED) is 0.713. The van der Waals surface area contributed by atoms with Gasteiger partial charge in [0.2, 0.25) is 0 Å². The average Bonchev–Trinajstić information content (AvgIpc) is 2.65. The van der Waals surface area contributed by atoms with Gasteiger partial charge in [0.15, 0.2) is 0 Å². The molecule has 0 aromatic rings. The molecule has 14 heavy (non-hydrogen) atoms. The molecule has 82 valence electrons. The Balaban J connectivity index is 1.90. The lowest BCUT2D eigenvalue weighted by atomic mass is 9.74. The molecule has 2 fully saturated rings. The van der Waals surface area contributed by atoms with Gasteiger partial charge in [-0.3, -0.25) is 0 Å². The minimum atomic E-state index is 0.851. The summed E-state index contributed by atoms with van der Waals surface area (Å²) < 4.78 is 0.